The van der Waals surface area contributed by atoms with Crippen LogP contribution in [0, 0.1) is 25.2 Å². The van der Waals surface area contributed by atoms with Crippen molar-refractivity contribution < 1.29 is 19.2 Å². The van der Waals surface area contributed by atoms with Crippen LogP contribution in [-0.4, -0.2) is 63.8 Å². The van der Waals surface area contributed by atoms with Crippen LogP contribution in [0.4, 0.5) is 0 Å². The highest BCUT2D eigenvalue weighted by Gasteiger charge is 2.32. The SMILES string of the molecule is Cc1noc(C)c1CN1CCN([C@H](C(=O)O)c2c[nH]c3ccc(OCC#N)cc23)CC1. The fraction of sp³-hybridized carbons (Fsp3) is 0.409. The van der Waals surface area contributed by atoms with Crippen molar-refractivity contribution in [2.75, 3.05) is 32.8 Å². The van der Waals surface area contributed by atoms with Gasteiger partial charge in [-0.1, -0.05) is 5.16 Å². The highest BCUT2D eigenvalue weighted by molar-refractivity contribution is 5.90. The molecule has 1 aliphatic rings. The van der Waals surface area contributed by atoms with E-state index in [0.29, 0.717) is 24.4 Å². The molecule has 1 aliphatic heterocycles. The van der Waals surface area contributed by atoms with Gasteiger partial charge in [0.15, 0.2) is 6.61 Å². The summed E-state index contributed by atoms with van der Waals surface area (Å²) >= 11 is 0. The third-order valence-electron chi connectivity index (χ3n) is 5.85. The average Bonchev–Trinajstić information content (AvgIpc) is 3.31. The Kier molecular flexibility index (Phi) is 5.93. The Balaban J connectivity index is 1.51. The largest absolute Gasteiger partial charge is 0.480 e. The minimum Gasteiger partial charge on any atom is -0.480 e. The number of nitrogens with zero attached hydrogens (tertiary/aromatic N) is 4. The molecule has 3 aromatic rings. The molecule has 0 radical (unpaired) electrons. The number of benzene rings is 1. The number of piperazine rings is 1. The lowest BCUT2D eigenvalue weighted by molar-refractivity contribution is -0.144. The van der Waals surface area contributed by atoms with Crippen LogP contribution in [0.3, 0.4) is 0 Å². The van der Waals surface area contributed by atoms with E-state index in [1.54, 1.807) is 18.3 Å². The standard InChI is InChI=1S/C22H25N5O4/c1-14-19(15(2)31-25-14)13-26-6-8-27(9-7-26)21(22(28)29)18-12-24-20-4-3-16(11-17(18)20)30-10-5-23/h3-4,11-12,21,24H,6-10,13H2,1-2H3,(H,28,29)/t21-/m0/s1. The molecule has 162 valence electrons. The second-order valence-electron chi connectivity index (χ2n) is 7.75. The van der Waals surface area contributed by atoms with Gasteiger partial charge in [0.05, 0.1) is 5.69 Å². The zero-order valence-electron chi connectivity index (χ0n) is 17.6. The fourth-order valence-corrected chi connectivity index (χ4v) is 4.17. The van der Waals surface area contributed by atoms with Crippen LogP contribution in [0.15, 0.2) is 28.9 Å². The topological polar surface area (TPSA) is 119 Å². The predicted molar refractivity (Wildman–Crippen MR) is 113 cm³/mol. The maximum absolute atomic E-state index is 12.3. The highest BCUT2D eigenvalue weighted by Crippen LogP contribution is 2.32. The van der Waals surface area contributed by atoms with Crippen molar-refractivity contribution in [2.24, 2.45) is 0 Å². The molecule has 31 heavy (non-hydrogen) atoms. The summed E-state index contributed by atoms with van der Waals surface area (Å²) in [6.07, 6.45) is 1.76. The number of aromatic nitrogens is 2. The van der Waals surface area contributed by atoms with Gasteiger partial charge in [0, 0.05) is 61.0 Å². The number of rotatable bonds is 7. The zero-order valence-corrected chi connectivity index (χ0v) is 17.6. The number of nitrogens with one attached hydrogen (secondary N) is 1. The summed E-state index contributed by atoms with van der Waals surface area (Å²) in [4.78, 5) is 19.7. The Hall–Kier alpha value is -3.35. The number of ether oxygens (including phenoxy) is 1. The van der Waals surface area contributed by atoms with Crippen LogP contribution in [0.5, 0.6) is 5.75 Å². The van der Waals surface area contributed by atoms with Gasteiger partial charge < -0.3 is 19.4 Å². The molecule has 0 amide bonds. The minimum atomic E-state index is -0.886. The van der Waals surface area contributed by atoms with E-state index in [0.717, 1.165) is 47.6 Å². The first-order valence-corrected chi connectivity index (χ1v) is 10.2. The van der Waals surface area contributed by atoms with Crippen molar-refractivity contribution in [3.8, 4) is 11.8 Å². The van der Waals surface area contributed by atoms with Gasteiger partial charge in [0.25, 0.3) is 0 Å². The fourth-order valence-electron chi connectivity index (χ4n) is 4.17. The summed E-state index contributed by atoms with van der Waals surface area (Å²) in [5.41, 5.74) is 3.54. The number of aliphatic carboxylic acids is 1. The Morgan fingerprint density at radius 2 is 2.13 bits per heavy atom. The molecule has 0 bridgehead atoms. The van der Waals surface area contributed by atoms with Crippen molar-refractivity contribution in [2.45, 2.75) is 26.4 Å². The smallest absolute Gasteiger partial charge is 0.325 e. The average molecular weight is 423 g/mol. The maximum atomic E-state index is 12.3. The van der Waals surface area contributed by atoms with E-state index in [1.807, 2.05) is 30.9 Å². The van der Waals surface area contributed by atoms with Gasteiger partial charge in [0.1, 0.15) is 23.6 Å². The predicted octanol–water partition coefficient (Wildman–Crippen LogP) is 2.62. The number of aromatic amines is 1. The lowest BCUT2D eigenvalue weighted by atomic mass is 10.0. The summed E-state index contributed by atoms with van der Waals surface area (Å²) in [5, 5.41) is 23.6. The van der Waals surface area contributed by atoms with Crippen LogP contribution < -0.4 is 4.74 Å². The number of nitriles is 1. The number of carboxylic acid groups (broad SMARTS) is 1. The number of H-pyrrole nitrogens is 1. The highest BCUT2D eigenvalue weighted by atomic mass is 16.5. The summed E-state index contributed by atoms with van der Waals surface area (Å²) < 4.78 is 10.7. The second kappa shape index (κ2) is 8.79. The molecular formula is C22H25N5O4. The van der Waals surface area contributed by atoms with Crippen LogP contribution in [0.1, 0.15) is 28.6 Å². The molecule has 1 atom stereocenters. The molecule has 0 unspecified atom stereocenters. The Morgan fingerprint density at radius 1 is 1.35 bits per heavy atom. The Labute approximate surface area is 179 Å². The van der Waals surface area contributed by atoms with E-state index in [2.05, 4.69) is 15.0 Å². The van der Waals surface area contributed by atoms with Crippen LogP contribution in [-0.2, 0) is 11.3 Å². The van der Waals surface area contributed by atoms with Crippen molar-refractivity contribution in [1.82, 2.24) is 19.9 Å². The van der Waals surface area contributed by atoms with E-state index in [4.69, 9.17) is 14.5 Å². The molecule has 0 aliphatic carbocycles. The quantitative estimate of drug-likeness (QED) is 0.595. The molecule has 2 aromatic heterocycles. The summed E-state index contributed by atoms with van der Waals surface area (Å²) in [7, 11) is 0. The van der Waals surface area contributed by atoms with E-state index < -0.39 is 12.0 Å². The monoisotopic (exact) mass is 423 g/mol. The van der Waals surface area contributed by atoms with E-state index >= 15 is 0 Å². The molecule has 9 heteroatoms. The van der Waals surface area contributed by atoms with Crippen molar-refractivity contribution in [3.05, 3.63) is 47.0 Å². The van der Waals surface area contributed by atoms with Crippen LogP contribution in [0.2, 0.25) is 0 Å². The second-order valence-corrected chi connectivity index (χ2v) is 7.75. The molecule has 9 nitrogen and oxygen atoms in total. The number of fused-ring (bicyclic) bond motifs is 1. The Bertz CT molecular complexity index is 1100. The third-order valence-corrected chi connectivity index (χ3v) is 5.85. The third kappa shape index (κ3) is 4.26. The Morgan fingerprint density at radius 3 is 2.77 bits per heavy atom. The summed E-state index contributed by atoms with van der Waals surface area (Å²) in [6, 6.07) is 6.58. The molecule has 0 spiro atoms. The molecule has 2 N–H and O–H groups in total. The number of aryl methyl sites for hydroxylation is 2. The lowest BCUT2D eigenvalue weighted by Crippen LogP contribution is -2.48. The summed E-state index contributed by atoms with van der Waals surface area (Å²) in [6.45, 7) is 7.33. The van der Waals surface area contributed by atoms with Crippen LogP contribution in [0.25, 0.3) is 10.9 Å². The van der Waals surface area contributed by atoms with Crippen molar-refractivity contribution in [3.63, 3.8) is 0 Å². The first-order chi connectivity index (χ1) is 15.0. The number of carboxylic acids is 1. The van der Waals surface area contributed by atoms with Crippen LogP contribution >= 0.6 is 0 Å². The molecule has 3 heterocycles. The van der Waals surface area contributed by atoms with Gasteiger partial charge in [-0.05, 0) is 32.0 Å². The maximum Gasteiger partial charge on any atom is 0.325 e. The normalized spacial score (nSPS) is 16.3. The van der Waals surface area contributed by atoms with E-state index in [1.165, 1.54) is 0 Å². The molecule has 1 fully saturated rings. The van der Waals surface area contributed by atoms with E-state index in [-0.39, 0.29) is 6.61 Å². The van der Waals surface area contributed by atoms with Crippen molar-refractivity contribution in [1.29, 1.82) is 5.26 Å². The van der Waals surface area contributed by atoms with Gasteiger partial charge in [-0.2, -0.15) is 5.26 Å². The first-order valence-electron chi connectivity index (χ1n) is 10.2. The first kappa shape index (κ1) is 20.9. The van der Waals surface area contributed by atoms with Crippen molar-refractivity contribution >= 4 is 16.9 Å². The molecule has 0 saturated carbocycles. The number of hydrogen-bond acceptors (Lipinski definition) is 7. The van der Waals surface area contributed by atoms with Gasteiger partial charge in [0.2, 0.25) is 0 Å². The van der Waals surface area contributed by atoms with Gasteiger partial charge in [-0.3, -0.25) is 14.6 Å². The van der Waals surface area contributed by atoms with Gasteiger partial charge >= 0.3 is 5.97 Å². The minimum absolute atomic E-state index is 0.0548. The number of carbonyl (C=O) groups is 1. The lowest BCUT2D eigenvalue weighted by Gasteiger charge is -2.37. The molecule has 1 aromatic carbocycles. The molecule has 1 saturated heterocycles. The van der Waals surface area contributed by atoms with E-state index in [9.17, 15) is 9.90 Å². The summed E-state index contributed by atoms with van der Waals surface area (Å²) in [5.74, 6) is 0.489. The number of hydrogen-bond donors (Lipinski definition) is 2. The molecule has 4 rings (SSSR count). The van der Waals surface area contributed by atoms with Gasteiger partial charge in [-0.15, -0.1) is 0 Å². The zero-order chi connectivity index (χ0) is 22.0. The van der Waals surface area contributed by atoms with Gasteiger partial charge in [-0.25, -0.2) is 0 Å². The molecular weight excluding hydrogens is 398 g/mol.